The second kappa shape index (κ2) is 3.73. The Morgan fingerprint density at radius 3 is 2.06 bits per heavy atom. The molecule has 2 N–H and O–H groups in total. The van der Waals surface area contributed by atoms with Gasteiger partial charge in [-0.1, -0.05) is 0 Å². The van der Waals surface area contributed by atoms with Gasteiger partial charge in [0.05, 0.1) is 0 Å². The van der Waals surface area contributed by atoms with Gasteiger partial charge in [-0.3, -0.25) is 9.80 Å². The molecule has 3 heteroatoms. The fourth-order valence-corrected chi connectivity index (χ4v) is 4.72. The summed E-state index contributed by atoms with van der Waals surface area (Å²) in [5, 5.41) is 1.27. The number of carbonyl (C=O) groups is 1. The molecule has 3 nitrogen and oxygen atoms in total. The molecule has 0 radical (unpaired) electrons. The van der Waals surface area contributed by atoms with Gasteiger partial charge in [-0.05, 0) is 61.7 Å². The molecule has 0 aromatic rings. The predicted octanol–water partition coefficient (Wildman–Crippen LogP) is 1.78. The van der Waals surface area contributed by atoms with Crippen LogP contribution in [0.25, 0.3) is 0 Å². The summed E-state index contributed by atoms with van der Waals surface area (Å²) in [6, 6.07) is 0. The minimum atomic E-state index is 0.123. The molecule has 0 unspecified atom stereocenters. The molecule has 4 bridgehead atoms. The fourth-order valence-electron chi connectivity index (χ4n) is 4.72. The van der Waals surface area contributed by atoms with E-state index in [0.717, 1.165) is 23.7 Å². The third-order valence-corrected chi connectivity index (χ3v) is 5.23. The number of nitrogens with zero attached hydrogens (tertiary/aromatic N) is 1. The second-order valence-corrected chi connectivity index (χ2v) is 6.30. The lowest BCUT2D eigenvalue weighted by Gasteiger charge is -2.54. The quantitative estimate of drug-likeness (QED) is 0.440. The normalized spacial score (nSPS) is 44.8. The molecular formula is C13H22N2O. The Bertz CT molecular complexity index is 272. The smallest absolute Gasteiger partial charge is 0.236 e. The molecule has 4 saturated carbocycles. The summed E-state index contributed by atoms with van der Waals surface area (Å²) in [5.41, 5.74) is 0. The number of hydrogen-bond donors (Lipinski definition) is 1. The average molecular weight is 222 g/mol. The molecule has 1 amide bonds. The van der Waals surface area contributed by atoms with Crippen LogP contribution in [0.15, 0.2) is 0 Å². The zero-order chi connectivity index (χ0) is 11.3. The summed E-state index contributed by atoms with van der Waals surface area (Å²) in [5.74, 6) is 9.94. The maximum absolute atomic E-state index is 11.7. The van der Waals surface area contributed by atoms with Gasteiger partial charge in [0.15, 0.2) is 0 Å². The molecular weight excluding hydrogens is 200 g/mol. The molecule has 4 aliphatic carbocycles. The van der Waals surface area contributed by atoms with Gasteiger partial charge in [0.2, 0.25) is 5.91 Å². The minimum absolute atomic E-state index is 0.123. The highest BCUT2D eigenvalue weighted by atomic mass is 16.2. The first-order valence-corrected chi connectivity index (χ1v) is 6.64. The van der Waals surface area contributed by atoms with Crippen LogP contribution in [-0.4, -0.2) is 18.0 Å². The third-order valence-electron chi connectivity index (χ3n) is 5.23. The molecule has 0 aliphatic heterocycles. The van der Waals surface area contributed by atoms with Crippen molar-refractivity contribution in [2.75, 3.05) is 7.05 Å². The largest absolute Gasteiger partial charge is 0.284 e. The Hall–Kier alpha value is -0.570. The molecule has 0 spiro atoms. The van der Waals surface area contributed by atoms with Crippen molar-refractivity contribution in [2.24, 2.45) is 35.4 Å². The van der Waals surface area contributed by atoms with E-state index in [2.05, 4.69) is 0 Å². The molecule has 4 aliphatic rings. The number of carbonyl (C=O) groups excluding carboxylic acids is 1. The molecule has 0 heterocycles. The van der Waals surface area contributed by atoms with Crippen molar-refractivity contribution in [1.29, 1.82) is 0 Å². The monoisotopic (exact) mass is 222 g/mol. The summed E-state index contributed by atoms with van der Waals surface area (Å²) < 4.78 is 0. The van der Waals surface area contributed by atoms with Gasteiger partial charge in [0.25, 0.3) is 0 Å². The Morgan fingerprint density at radius 1 is 1.12 bits per heavy atom. The van der Waals surface area contributed by atoms with Crippen molar-refractivity contribution in [3.63, 3.8) is 0 Å². The predicted molar refractivity (Wildman–Crippen MR) is 62.1 cm³/mol. The van der Waals surface area contributed by atoms with Crippen molar-refractivity contribution in [3.8, 4) is 0 Å². The average Bonchev–Trinajstić information content (AvgIpc) is 2.21. The first-order chi connectivity index (χ1) is 7.63. The summed E-state index contributed by atoms with van der Waals surface area (Å²) in [4.78, 5) is 11.7. The highest BCUT2D eigenvalue weighted by Gasteiger charge is 2.48. The zero-order valence-corrected chi connectivity index (χ0v) is 10.1. The summed E-state index contributed by atoms with van der Waals surface area (Å²) in [7, 11) is 1.67. The van der Waals surface area contributed by atoms with E-state index in [1.165, 1.54) is 37.1 Å². The van der Waals surface area contributed by atoms with Crippen LogP contribution in [-0.2, 0) is 4.79 Å². The van der Waals surface area contributed by atoms with E-state index in [0.29, 0.717) is 12.3 Å². The van der Waals surface area contributed by atoms with Gasteiger partial charge in [-0.25, -0.2) is 5.84 Å². The van der Waals surface area contributed by atoms with E-state index in [9.17, 15) is 4.79 Å². The lowest BCUT2D eigenvalue weighted by molar-refractivity contribution is -0.135. The highest BCUT2D eigenvalue weighted by molar-refractivity contribution is 5.75. The van der Waals surface area contributed by atoms with Gasteiger partial charge in [-0.15, -0.1) is 0 Å². The maximum atomic E-state index is 11.7. The number of rotatable bonds is 2. The zero-order valence-electron chi connectivity index (χ0n) is 10.1. The number of nitrogens with two attached hydrogens (primary N) is 1. The number of amides is 1. The second-order valence-electron chi connectivity index (χ2n) is 6.30. The van der Waals surface area contributed by atoms with Crippen molar-refractivity contribution in [3.05, 3.63) is 0 Å². The molecule has 16 heavy (non-hydrogen) atoms. The molecule has 0 aromatic carbocycles. The molecule has 4 rings (SSSR count). The molecule has 0 saturated heterocycles. The third kappa shape index (κ3) is 1.65. The van der Waals surface area contributed by atoms with Crippen LogP contribution in [0, 0.1) is 29.6 Å². The SMILES string of the molecule is CN(N)C(=O)CC1C2CC3CC(C2)CC1C3. The van der Waals surface area contributed by atoms with Crippen LogP contribution < -0.4 is 5.84 Å². The van der Waals surface area contributed by atoms with Crippen molar-refractivity contribution < 1.29 is 4.79 Å². The van der Waals surface area contributed by atoms with Crippen LogP contribution in [0.3, 0.4) is 0 Å². The molecule has 0 aromatic heterocycles. The van der Waals surface area contributed by atoms with Crippen LogP contribution in [0.4, 0.5) is 0 Å². The van der Waals surface area contributed by atoms with Crippen molar-refractivity contribution in [1.82, 2.24) is 5.01 Å². The van der Waals surface area contributed by atoms with E-state index >= 15 is 0 Å². The fraction of sp³-hybridized carbons (Fsp3) is 0.923. The Morgan fingerprint density at radius 2 is 1.62 bits per heavy atom. The van der Waals surface area contributed by atoms with Crippen LogP contribution >= 0.6 is 0 Å². The van der Waals surface area contributed by atoms with E-state index in [1.54, 1.807) is 7.05 Å². The first kappa shape index (κ1) is 10.6. The summed E-state index contributed by atoms with van der Waals surface area (Å²) in [6.45, 7) is 0. The Balaban J connectivity index is 1.70. The lowest BCUT2D eigenvalue weighted by Crippen LogP contribution is -2.47. The highest BCUT2D eigenvalue weighted by Crippen LogP contribution is 2.57. The van der Waals surface area contributed by atoms with Crippen LogP contribution in [0.1, 0.15) is 38.5 Å². The molecule has 0 atom stereocenters. The number of hydrogen-bond acceptors (Lipinski definition) is 2. The van der Waals surface area contributed by atoms with Gasteiger partial charge < -0.3 is 0 Å². The Labute approximate surface area is 97.3 Å². The van der Waals surface area contributed by atoms with E-state index in [1.807, 2.05) is 0 Å². The van der Waals surface area contributed by atoms with Gasteiger partial charge >= 0.3 is 0 Å². The topological polar surface area (TPSA) is 46.3 Å². The van der Waals surface area contributed by atoms with E-state index in [4.69, 9.17) is 5.84 Å². The van der Waals surface area contributed by atoms with Crippen LogP contribution in [0.2, 0.25) is 0 Å². The van der Waals surface area contributed by atoms with Gasteiger partial charge in [-0.2, -0.15) is 0 Å². The van der Waals surface area contributed by atoms with Gasteiger partial charge in [0, 0.05) is 13.5 Å². The van der Waals surface area contributed by atoms with E-state index in [-0.39, 0.29) is 5.91 Å². The van der Waals surface area contributed by atoms with E-state index < -0.39 is 0 Å². The minimum Gasteiger partial charge on any atom is -0.284 e. The number of hydrazine groups is 1. The van der Waals surface area contributed by atoms with Crippen molar-refractivity contribution >= 4 is 5.91 Å². The van der Waals surface area contributed by atoms with Crippen molar-refractivity contribution in [2.45, 2.75) is 38.5 Å². The van der Waals surface area contributed by atoms with Crippen LogP contribution in [0.5, 0.6) is 0 Å². The standard InChI is InChI=1S/C13H22N2O/c1-15(14)13(16)7-12-10-3-8-2-9(5-10)6-11(12)4-8/h8-12H,2-7,14H2,1H3. The lowest BCUT2D eigenvalue weighted by atomic mass is 9.51. The summed E-state index contributed by atoms with van der Waals surface area (Å²) in [6.07, 6.45) is 7.73. The maximum Gasteiger partial charge on any atom is 0.236 e. The molecule has 90 valence electrons. The van der Waals surface area contributed by atoms with Gasteiger partial charge in [0.1, 0.15) is 0 Å². The first-order valence-electron chi connectivity index (χ1n) is 6.64. The molecule has 4 fully saturated rings. The Kier molecular flexibility index (Phi) is 2.46. The summed E-state index contributed by atoms with van der Waals surface area (Å²) >= 11 is 0.